The predicted molar refractivity (Wildman–Crippen MR) is 111 cm³/mol. The number of benzene rings is 1. The number of sulfonamides is 1. The number of guanidine groups is 1. The van der Waals surface area contributed by atoms with E-state index in [-0.39, 0.29) is 0 Å². The van der Waals surface area contributed by atoms with Crippen molar-refractivity contribution < 1.29 is 8.42 Å². The molecule has 1 aliphatic rings. The second-order valence-corrected chi connectivity index (χ2v) is 9.77. The van der Waals surface area contributed by atoms with Gasteiger partial charge in [-0.2, -0.15) is 0 Å². The van der Waals surface area contributed by atoms with E-state index in [0.717, 1.165) is 19.5 Å². The van der Waals surface area contributed by atoms with E-state index >= 15 is 0 Å². The molecule has 1 fully saturated rings. The molecule has 2 unspecified atom stereocenters. The number of likely N-dealkylation sites (tertiary alicyclic amines) is 1. The first kappa shape index (κ1) is 21.7. The van der Waals surface area contributed by atoms with Crippen molar-refractivity contribution in [2.24, 2.45) is 4.99 Å². The van der Waals surface area contributed by atoms with Crippen molar-refractivity contribution in [3.05, 3.63) is 35.9 Å². The summed E-state index contributed by atoms with van der Waals surface area (Å²) >= 11 is 0. The van der Waals surface area contributed by atoms with Gasteiger partial charge in [-0.3, -0.25) is 9.89 Å². The summed E-state index contributed by atoms with van der Waals surface area (Å²) in [5.41, 5.74) is 0.717. The number of hydrogen-bond donors (Lipinski definition) is 3. The lowest BCUT2D eigenvalue weighted by molar-refractivity contribution is 0.258. The summed E-state index contributed by atoms with van der Waals surface area (Å²) in [4.78, 5) is 6.75. The Bertz CT molecular complexity index is 734. The first-order valence-corrected chi connectivity index (χ1v) is 11.2. The Balaban J connectivity index is 1.86. The topological polar surface area (TPSA) is 85.8 Å². The molecule has 1 heterocycles. The summed E-state index contributed by atoms with van der Waals surface area (Å²) in [6.45, 7) is 8.26. The molecule has 8 heteroatoms. The molecule has 1 aromatic rings. The minimum absolute atomic E-state index is 0.306. The molecule has 1 aromatic carbocycles. The minimum Gasteiger partial charge on any atom is -0.355 e. The fraction of sp³-hybridized carbons (Fsp3) is 0.632. The molecule has 7 nitrogen and oxygen atoms in total. The number of nitrogens with one attached hydrogen (secondary N) is 3. The van der Waals surface area contributed by atoms with Crippen molar-refractivity contribution in [1.29, 1.82) is 0 Å². The Morgan fingerprint density at radius 1 is 1.30 bits per heavy atom. The zero-order chi connectivity index (χ0) is 20.1. The lowest BCUT2D eigenvalue weighted by Crippen LogP contribution is -2.54. The summed E-state index contributed by atoms with van der Waals surface area (Å²) in [6, 6.07) is 11.3. The zero-order valence-electron chi connectivity index (χ0n) is 17.0. The van der Waals surface area contributed by atoms with Gasteiger partial charge in [-0.25, -0.2) is 13.1 Å². The molecular weight excluding hydrogens is 362 g/mol. The highest BCUT2D eigenvalue weighted by molar-refractivity contribution is 7.88. The summed E-state index contributed by atoms with van der Waals surface area (Å²) in [5.74, 6) is 0.692. The summed E-state index contributed by atoms with van der Waals surface area (Å²) in [7, 11) is -1.53. The van der Waals surface area contributed by atoms with Gasteiger partial charge in [-0.1, -0.05) is 30.3 Å². The van der Waals surface area contributed by atoms with E-state index in [1.165, 1.54) is 11.8 Å². The first-order valence-electron chi connectivity index (χ1n) is 9.32. The van der Waals surface area contributed by atoms with E-state index in [4.69, 9.17) is 0 Å². The Kier molecular flexibility index (Phi) is 7.25. The monoisotopic (exact) mass is 395 g/mol. The SMILES string of the molecule is CN=C(NCC(C)(C)NS(C)(=O)=O)NC1CC(C)N(Cc2ccccc2)C1. The first-order chi connectivity index (χ1) is 12.6. The minimum atomic E-state index is -3.26. The third-order valence-corrected chi connectivity index (χ3v) is 5.58. The average Bonchev–Trinajstić information content (AvgIpc) is 2.89. The van der Waals surface area contributed by atoms with Gasteiger partial charge in [-0.15, -0.1) is 0 Å². The zero-order valence-corrected chi connectivity index (χ0v) is 17.8. The van der Waals surface area contributed by atoms with Crippen LogP contribution in [0.15, 0.2) is 35.3 Å². The van der Waals surface area contributed by atoms with Gasteiger partial charge in [0.25, 0.3) is 0 Å². The van der Waals surface area contributed by atoms with Crippen LogP contribution in [-0.4, -0.2) is 63.3 Å². The third-order valence-electron chi connectivity index (χ3n) is 4.66. The molecule has 0 aromatic heterocycles. The summed E-state index contributed by atoms with van der Waals surface area (Å²) in [5, 5.41) is 6.70. The van der Waals surface area contributed by atoms with Crippen molar-refractivity contribution in [3.63, 3.8) is 0 Å². The quantitative estimate of drug-likeness (QED) is 0.476. The molecule has 0 bridgehead atoms. The molecule has 3 N–H and O–H groups in total. The van der Waals surface area contributed by atoms with Gasteiger partial charge in [0, 0.05) is 44.3 Å². The third kappa shape index (κ3) is 7.48. The molecule has 2 atom stereocenters. The fourth-order valence-electron chi connectivity index (χ4n) is 3.47. The van der Waals surface area contributed by atoms with Gasteiger partial charge >= 0.3 is 0 Å². The van der Waals surface area contributed by atoms with Crippen LogP contribution in [0.3, 0.4) is 0 Å². The molecule has 1 aliphatic heterocycles. The Hall–Kier alpha value is -1.64. The van der Waals surface area contributed by atoms with Gasteiger partial charge in [-0.05, 0) is 32.8 Å². The fourth-order valence-corrected chi connectivity index (χ4v) is 4.55. The largest absolute Gasteiger partial charge is 0.355 e. The van der Waals surface area contributed by atoms with Crippen LogP contribution in [0.25, 0.3) is 0 Å². The lowest BCUT2D eigenvalue weighted by atomic mass is 10.1. The summed E-state index contributed by atoms with van der Waals surface area (Å²) in [6.07, 6.45) is 2.21. The molecule has 0 saturated carbocycles. The van der Waals surface area contributed by atoms with E-state index in [0.29, 0.717) is 24.6 Å². The van der Waals surface area contributed by atoms with Crippen molar-refractivity contribution in [2.45, 2.75) is 51.4 Å². The van der Waals surface area contributed by atoms with E-state index in [9.17, 15) is 8.42 Å². The molecule has 2 rings (SSSR count). The average molecular weight is 396 g/mol. The lowest BCUT2D eigenvalue weighted by Gasteiger charge is -2.27. The molecule has 27 heavy (non-hydrogen) atoms. The van der Waals surface area contributed by atoms with Crippen LogP contribution in [0.4, 0.5) is 0 Å². The summed E-state index contributed by atoms with van der Waals surface area (Å²) < 4.78 is 25.6. The van der Waals surface area contributed by atoms with Crippen molar-refractivity contribution in [1.82, 2.24) is 20.3 Å². The predicted octanol–water partition coefficient (Wildman–Crippen LogP) is 1.14. The van der Waals surface area contributed by atoms with Crippen LogP contribution in [0.5, 0.6) is 0 Å². The van der Waals surface area contributed by atoms with Crippen LogP contribution in [0, 0.1) is 0 Å². The molecule has 0 amide bonds. The number of aliphatic imine (C=N–C) groups is 1. The molecule has 1 saturated heterocycles. The molecule has 0 aliphatic carbocycles. The highest BCUT2D eigenvalue weighted by Crippen LogP contribution is 2.20. The maximum absolute atomic E-state index is 11.5. The number of hydrogen-bond acceptors (Lipinski definition) is 4. The van der Waals surface area contributed by atoms with Crippen LogP contribution < -0.4 is 15.4 Å². The Morgan fingerprint density at radius 2 is 1.96 bits per heavy atom. The van der Waals surface area contributed by atoms with Crippen molar-refractivity contribution in [2.75, 3.05) is 26.4 Å². The van der Waals surface area contributed by atoms with Crippen LogP contribution in [0.1, 0.15) is 32.8 Å². The second kappa shape index (κ2) is 9.03. The highest BCUT2D eigenvalue weighted by Gasteiger charge is 2.30. The Labute approximate surface area is 163 Å². The van der Waals surface area contributed by atoms with Crippen LogP contribution >= 0.6 is 0 Å². The standard InChI is InChI=1S/C19H33N5O2S/c1-15-11-17(13-24(15)12-16-9-7-6-8-10-16)22-18(20-4)21-14-19(2,3)23-27(5,25)26/h6-10,15,17,23H,11-14H2,1-5H3,(H2,20,21,22). The normalized spacial score (nSPS) is 22.0. The second-order valence-electron chi connectivity index (χ2n) is 8.02. The van der Waals surface area contributed by atoms with E-state index in [2.05, 4.69) is 56.4 Å². The van der Waals surface area contributed by atoms with Gasteiger partial charge < -0.3 is 10.6 Å². The van der Waals surface area contributed by atoms with E-state index in [1.807, 2.05) is 19.9 Å². The smallest absolute Gasteiger partial charge is 0.209 e. The van der Waals surface area contributed by atoms with E-state index < -0.39 is 15.6 Å². The highest BCUT2D eigenvalue weighted by atomic mass is 32.2. The Morgan fingerprint density at radius 3 is 2.56 bits per heavy atom. The van der Waals surface area contributed by atoms with Gasteiger partial charge in [0.1, 0.15) is 0 Å². The van der Waals surface area contributed by atoms with Crippen molar-refractivity contribution in [3.8, 4) is 0 Å². The molecule has 152 valence electrons. The number of rotatable bonds is 7. The van der Waals surface area contributed by atoms with Crippen LogP contribution in [-0.2, 0) is 16.6 Å². The van der Waals surface area contributed by atoms with Crippen molar-refractivity contribution >= 4 is 16.0 Å². The molecule has 0 radical (unpaired) electrons. The maximum atomic E-state index is 11.5. The van der Waals surface area contributed by atoms with Gasteiger partial charge in [0.05, 0.1) is 6.26 Å². The maximum Gasteiger partial charge on any atom is 0.209 e. The molecule has 0 spiro atoms. The van der Waals surface area contributed by atoms with Gasteiger partial charge in [0.2, 0.25) is 10.0 Å². The van der Waals surface area contributed by atoms with E-state index in [1.54, 1.807) is 7.05 Å². The number of nitrogens with zero attached hydrogens (tertiary/aromatic N) is 2. The molecular formula is C19H33N5O2S. The van der Waals surface area contributed by atoms with Crippen LogP contribution in [0.2, 0.25) is 0 Å². The van der Waals surface area contributed by atoms with Gasteiger partial charge in [0.15, 0.2) is 5.96 Å².